The van der Waals surface area contributed by atoms with Gasteiger partial charge in [-0.1, -0.05) is 29.8 Å². The lowest BCUT2D eigenvalue weighted by Gasteiger charge is -2.26. The van der Waals surface area contributed by atoms with Gasteiger partial charge in [0.1, 0.15) is 18.5 Å². The molecule has 1 aliphatic heterocycles. The number of ether oxygens (including phenoxy) is 2. The maximum absolute atomic E-state index is 10.6. The summed E-state index contributed by atoms with van der Waals surface area (Å²) in [6, 6.07) is 15.8. The van der Waals surface area contributed by atoms with E-state index in [0.29, 0.717) is 12.2 Å². The summed E-state index contributed by atoms with van der Waals surface area (Å²) in [4.78, 5) is 2.37. The molecule has 7 nitrogen and oxygen atoms in total. The molecule has 2 heterocycles. The van der Waals surface area contributed by atoms with Crippen molar-refractivity contribution in [2.75, 3.05) is 39.5 Å². The fourth-order valence-electron chi connectivity index (χ4n) is 3.86. The van der Waals surface area contributed by atoms with Crippen molar-refractivity contribution in [3.63, 3.8) is 0 Å². The number of morpholine rings is 1. The Hall–Kier alpha value is -2.32. The van der Waals surface area contributed by atoms with Gasteiger partial charge in [-0.15, -0.1) is 12.4 Å². The normalized spacial score (nSPS) is 15.5. The maximum Gasteiger partial charge on any atom is 0.203 e. The number of aliphatic hydroxyl groups is 1. The third-order valence-corrected chi connectivity index (χ3v) is 5.57. The minimum atomic E-state index is -0.709. The average Bonchev–Trinajstić information content (AvgIpc) is 3.03. The molecule has 1 atom stereocenters. The minimum absolute atomic E-state index is 0. The van der Waals surface area contributed by atoms with Crippen LogP contribution in [-0.4, -0.2) is 64.7 Å². The van der Waals surface area contributed by atoms with Crippen molar-refractivity contribution in [3.05, 3.63) is 59.7 Å². The summed E-state index contributed by atoms with van der Waals surface area (Å²) in [6.45, 7) is 7.55. The van der Waals surface area contributed by atoms with Crippen LogP contribution < -0.4 is 10.4 Å². The number of hydrogen-bond acceptors (Lipinski definition) is 5. The number of fused-ring (bicyclic) bond motifs is 1. The first-order valence-corrected chi connectivity index (χ1v) is 10.5. The molecule has 0 radical (unpaired) electrons. The van der Waals surface area contributed by atoms with Crippen molar-refractivity contribution >= 4 is 23.4 Å². The molecule has 0 spiro atoms. The van der Waals surface area contributed by atoms with Gasteiger partial charge in [-0.25, -0.2) is 0 Å². The SMILES string of the molecule is Cc1ccc(OCC(O)Cn2c(=N)n(CCN3CCOCC3)c3ccccc32)cc1.Cl. The Balaban J connectivity index is 0.00000272. The van der Waals surface area contributed by atoms with E-state index in [1.54, 1.807) is 0 Å². The summed E-state index contributed by atoms with van der Waals surface area (Å²) in [5.41, 5.74) is 3.54. The number of rotatable bonds is 8. The summed E-state index contributed by atoms with van der Waals surface area (Å²) >= 11 is 0. The van der Waals surface area contributed by atoms with Gasteiger partial charge in [0, 0.05) is 26.2 Å². The number of para-hydroxylation sites is 2. The topological polar surface area (TPSA) is 75.6 Å². The number of aromatic nitrogens is 2. The fraction of sp³-hybridized carbons (Fsp3) is 0.435. The van der Waals surface area contributed by atoms with Crippen LogP contribution in [0.15, 0.2) is 48.5 Å². The van der Waals surface area contributed by atoms with Gasteiger partial charge in [0.25, 0.3) is 0 Å². The molecule has 1 saturated heterocycles. The quantitative estimate of drug-likeness (QED) is 0.557. The number of aryl methyl sites for hydroxylation is 1. The van der Waals surface area contributed by atoms with E-state index in [9.17, 15) is 5.11 Å². The van der Waals surface area contributed by atoms with E-state index in [1.807, 2.05) is 64.6 Å². The minimum Gasteiger partial charge on any atom is -0.491 e. The first kappa shape index (κ1) is 23.3. The smallest absolute Gasteiger partial charge is 0.203 e. The summed E-state index contributed by atoms with van der Waals surface area (Å²) in [5, 5.41) is 19.3. The lowest BCUT2D eigenvalue weighted by atomic mass is 10.2. The van der Waals surface area contributed by atoms with E-state index in [-0.39, 0.29) is 19.0 Å². The monoisotopic (exact) mass is 446 g/mol. The molecule has 2 aromatic carbocycles. The zero-order chi connectivity index (χ0) is 20.9. The Labute approximate surface area is 188 Å². The van der Waals surface area contributed by atoms with E-state index in [0.717, 1.165) is 56.2 Å². The van der Waals surface area contributed by atoms with E-state index in [4.69, 9.17) is 14.9 Å². The first-order valence-electron chi connectivity index (χ1n) is 10.5. The first-order chi connectivity index (χ1) is 14.6. The molecule has 4 rings (SSSR count). The molecule has 2 N–H and O–H groups in total. The molecule has 1 aromatic heterocycles. The van der Waals surface area contributed by atoms with Crippen molar-refractivity contribution in [2.24, 2.45) is 0 Å². The molecule has 168 valence electrons. The molecule has 1 unspecified atom stereocenters. The molecule has 1 fully saturated rings. The lowest BCUT2D eigenvalue weighted by Crippen LogP contribution is -2.39. The zero-order valence-corrected chi connectivity index (χ0v) is 18.7. The predicted octanol–water partition coefficient (Wildman–Crippen LogP) is 2.42. The second kappa shape index (κ2) is 10.8. The number of nitrogens with one attached hydrogen (secondary N) is 1. The van der Waals surface area contributed by atoms with Crippen LogP contribution in [0.1, 0.15) is 5.56 Å². The molecule has 3 aromatic rings. The van der Waals surface area contributed by atoms with Gasteiger partial charge in [0.2, 0.25) is 5.62 Å². The van der Waals surface area contributed by atoms with Crippen LogP contribution in [0.25, 0.3) is 11.0 Å². The summed E-state index contributed by atoms with van der Waals surface area (Å²) in [6.07, 6.45) is -0.709. The second-order valence-electron chi connectivity index (χ2n) is 7.81. The Morgan fingerprint density at radius 2 is 1.65 bits per heavy atom. The molecule has 31 heavy (non-hydrogen) atoms. The van der Waals surface area contributed by atoms with Crippen molar-refractivity contribution in [2.45, 2.75) is 26.1 Å². The van der Waals surface area contributed by atoms with Gasteiger partial charge in [0.05, 0.1) is 30.8 Å². The Kier molecular flexibility index (Phi) is 8.15. The summed E-state index contributed by atoms with van der Waals surface area (Å²) in [5.74, 6) is 0.740. The number of halogens is 1. The summed E-state index contributed by atoms with van der Waals surface area (Å²) in [7, 11) is 0. The number of aliphatic hydroxyl groups excluding tert-OH is 1. The van der Waals surface area contributed by atoms with Gasteiger partial charge < -0.3 is 23.7 Å². The van der Waals surface area contributed by atoms with E-state index >= 15 is 0 Å². The molecule has 0 saturated carbocycles. The number of benzene rings is 2. The molecular formula is C23H31ClN4O3. The molecule has 1 aliphatic rings. The van der Waals surface area contributed by atoms with Crippen molar-refractivity contribution in [1.29, 1.82) is 5.41 Å². The Morgan fingerprint density at radius 1 is 1.00 bits per heavy atom. The van der Waals surface area contributed by atoms with E-state index < -0.39 is 6.10 Å². The van der Waals surface area contributed by atoms with Crippen LogP contribution in [0.4, 0.5) is 0 Å². The fourth-order valence-corrected chi connectivity index (χ4v) is 3.86. The van der Waals surface area contributed by atoms with Crippen LogP contribution in [0.2, 0.25) is 0 Å². The van der Waals surface area contributed by atoms with E-state index in [2.05, 4.69) is 4.90 Å². The summed E-state index contributed by atoms with van der Waals surface area (Å²) < 4.78 is 15.1. The van der Waals surface area contributed by atoms with Gasteiger partial charge in [-0.2, -0.15) is 0 Å². The number of hydrogen-bond donors (Lipinski definition) is 2. The van der Waals surface area contributed by atoms with E-state index in [1.165, 1.54) is 5.56 Å². The van der Waals surface area contributed by atoms with Gasteiger partial charge >= 0.3 is 0 Å². The third kappa shape index (κ3) is 5.68. The predicted molar refractivity (Wildman–Crippen MR) is 123 cm³/mol. The van der Waals surface area contributed by atoms with Gasteiger partial charge in [-0.3, -0.25) is 10.3 Å². The highest BCUT2D eigenvalue weighted by Gasteiger charge is 2.16. The van der Waals surface area contributed by atoms with Crippen LogP contribution >= 0.6 is 12.4 Å². The highest BCUT2D eigenvalue weighted by Crippen LogP contribution is 2.15. The molecular weight excluding hydrogens is 416 g/mol. The van der Waals surface area contributed by atoms with Gasteiger partial charge in [-0.05, 0) is 31.2 Å². The third-order valence-electron chi connectivity index (χ3n) is 5.57. The highest BCUT2D eigenvalue weighted by molar-refractivity contribution is 5.85. The van der Waals surface area contributed by atoms with Crippen LogP contribution in [0.5, 0.6) is 5.75 Å². The lowest BCUT2D eigenvalue weighted by molar-refractivity contribution is 0.0363. The Bertz CT molecular complexity index is 1030. The number of nitrogens with zero attached hydrogens (tertiary/aromatic N) is 3. The molecule has 0 amide bonds. The second-order valence-corrected chi connectivity index (χ2v) is 7.81. The molecule has 0 bridgehead atoms. The van der Waals surface area contributed by atoms with Crippen LogP contribution in [0.3, 0.4) is 0 Å². The maximum atomic E-state index is 10.6. The standard InChI is InChI=1S/C23H30N4O3.ClH/c1-18-6-8-20(9-7-18)30-17-19(28)16-27-22-5-3-2-4-21(22)26(23(27)24)11-10-25-12-14-29-15-13-25;/h2-9,19,24,28H,10-17H2,1H3;1H. The molecule has 0 aliphatic carbocycles. The van der Waals surface area contributed by atoms with Gasteiger partial charge in [0.15, 0.2) is 0 Å². The molecule has 8 heteroatoms. The van der Waals surface area contributed by atoms with Crippen LogP contribution in [-0.2, 0) is 17.8 Å². The highest BCUT2D eigenvalue weighted by atomic mass is 35.5. The van der Waals surface area contributed by atoms with Crippen molar-refractivity contribution in [1.82, 2.24) is 14.0 Å². The number of imidazole rings is 1. The average molecular weight is 447 g/mol. The largest absolute Gasteiger partial charge is 0.491 e. The zero-order valence-electron chi connectivity index (χ0n) is 17.9. The Morgan fingerprint density at radius 3 is 2.32 bits per heavy atom. The van der Waals surface area contributed by atoms with Crippen LogP contribution in [0, 0.1) is 12.3 Å². The van der Waals surface area contributed by atoms with Crippen molar-refractivity contribution < 1.29 is 14.6 Å². The van der Waals surface area contributed by atoms with Crippen molar-refractivity contribution in [3.8, 4) is 5.75 Å².